The van der Waals surface area contributed by atoms with E-state index in [0.29, 0.717) is 19.4 Å². The molecule has 0 aromatic heterocycles. The summed E-state index contributed by atoms with van der Waals surface area (Å²) in [7, 11) is 1.26. The highest BCUT2D eigenvalue weighted by Crippen LogP contribution is 2.16. The van der Waals surface area contributed by atoms with Crippen LogP contribution in [0.25, 0.3) is 0 Å². The Morgan fingerprint density at radius 2 is 2.17 bits per heavy atom. The number of amides is 2. The van der Waals surface area contributed by atoms with Gasteiger partial charge in [-0.05, 0) is 12.8 Å². The van der Waals surface area contributed by atoms with Crippen molar-refractivity contribution in [1.29, 1.82) is 0 Å². The van der Waals surface area contributed by atoms with Gasteiger partial charge < -0.3 is 20.1 Å². The minimum atomic E-state index is -0.898. The Morgan fingerprint density at radius 3 is 2.61 bits per heavy atom. The third-order valence-electron chi connectivity index (χ3n) is 3.02. The van der Waals surface area contributed by atoms with E-state index in [9.17, 15) is 14.4 Å². The Hall–Kier alpha value is -1.79. The van der Waals surface area contributed by atoms with Crippen molar-refractivity contribution in [3.8, 4) is 0 Å². The maximum absolute atomic E-state index is 11.8. The second-order valence-corrected chi connectivity index (χ2v) is 4.20. The first kappa shape index (κ1) is 14.3. The van der Waals surface area contributed by atoms with E-state index in [0.717, 1.165) is 0 Å². The highest BCUT2D eigenvalue weighted by atomic mass is 16.5. The molecule has 1 fully saturated rings. The average molecular weight is 258 g/mol. The number of aliphatic carboxylic acids is 1. The normalized spacial score (nSPS) is 20.3. The predicted octanol–water partition coefficient (Wildman–Crippen LogP) is 0.0541. The van der Waals surface area contributed by atoms with Gasteiger partial charge in [-0.1, -0.05) is 6.92 Å². The molecule has 7 heteroatoms. The minimum Gasteiger partial charge on any atom is -0.481 e. The van der Waals surface area contributed by atoms with Crippen molar-refractivity contribution in [2.75, 3.05) is 20.2 Å². The quantitative estimate of drug-likeness (QED) is 0.695. The van der Waals surface area contributed by atoms with Gasteiger partial charge in [-0.2, -0.15) is 0 Å². The number of likely N-dealkylation sites (tertiary alicyclic amines) is 1. The summed E-state index contributed by atoms with van der Waals surface area (Å²) in [4.78, 5) is 35.3. The molecule has 7 nitrogen and oxygen atoms in total. The molecule has 1 heterocycles. The van der Waals surface area contributed by atoms with Crippen LogP contribution in [0.1, 0.15) is 19.8 Å². The molecule has 0 aromatic carbocycles. The van der Waals surface area contributed by atoms with Gasteiger partial charge in [0.25, 0.3) is 0 Å². The highest BCUT2D eigenvalue weighted by Gasteiger charge is 2.32. The molecule has 0 spiro atoms. The van der Waals surface area contributed by atoms with Gasteiger partial charge in [-0.3, -0.25) is 4.79 Å². The van der Waals surface area contributed by atoms with Gasteiger partial charge in [0.15, 0.2) is 0 Å². The maximum Gasteiger partial charge on any atom is 0.328 e. The van der Waals surface area contributed by atoms with Crippen LogP contribution in [0.2, 0.25) is 0 Å². The fraction of sp³-hybridized carbons (Fsp3) is 0.727. The van der Waals surface area contributed by atoms with Crippen LogP contribution in [0.15, 0.2) is 0 Å². The zero-order valence-electron chi connectivity index (χ0n) is 10.5. The molecule has 2 amide bonds. The zero-order valence-corrected chi connectivity index (χ0v) is 10.5. The Morgan fingerprint density at radius 1 is 1.50 bits per heavy atom. The maximum atomic E-state index is 11.8. The average Bonchev–Trinajstić information content (AvgIpc) is 2.84. The van der Waals surface area contributed by atoms with Gasteiger partial charge >= 0.3 is 18.0 Å². The number of urea groups is 1. The number of carboxylic acid groups (broad SMARTS) is 1. The van der Waals surface area contributed by atoms with Crippen LogP contribution in [0.5, 0.6) is 0 Å². The Balaban J connectivity index is 2.51. The van der Waals surface area contributed by atoms with Crippen LogP contribution >= 0.6 is 0 Å². The van der Waals surface area contributed by atoms with E-state index in [-0.39, 0.29) is 6.54 Å². The lowest BCUT2D eigenvalue weighted by Gasteiger charge is -2.20. The number of rotatable bonds is 4. The fourth-order valence-electron chi connectivity index (χ4n) is 1.86. The van der Waals surface area contributed by atoms with Crippen molar-refractivity contribution in [2.45, 2.75) is 25.8 Å². The number of carbonyl (C=O) groups excluding carboxylic acids is 2. The lowest BCUT2D eigenvalue weighted by Crippen LogP contribution is -2.47. The van der Waals surface area contributed by atoms with Crippen molar-refractivity contribution < 1.29 is 24.2 Å². The van der Waals surface area contributed by atoms with Crippen LogP contribution in [0, 0.1) is 5.92 Å². The van der Waals surface area contributed by atoms with Gasteiger partial charge in [-0.25, -0.2) is 9.59 Å². The molecule has 2 N–H and O–H groups in total. The van der Waals surface area contributed by atoms with E-state index in [4.69, 9.17) is 5.11 Å². The number of nitrogens with zero attached hydrogens (tertiary/aromatic N) is 1. The second-order valence-electron chi connectivity index (χ2n) is 4.20. The number of carbonyl (C=O) groups is 3. The Bertz CT molecular complexity index is 344. The smallest absolute Gasteiger partial charge is 0.328 e. The molecule has 0 aromatic rings. The lowest BCUT2D eigenvalue weighted by molar-refractivity contribution is -0.143. The van der Waals surface area contributed by atoms with Crippen LogP contribution in [-0.2, 0) is 14.3 Å². The van der Waals surface area contributed by atoms with Crippen molar-refractivity contribution in [1.82, 2.24) is 10.2 Å². The summed E-state index contributed by atoms with van der Waals surface area (Å²) in [5.41, 5.74) is 0. The number of hydrogen-bond donors (Lipinski definition) is 2. The summed E-state index contributed by atoms with van der Waals surface area (Å²) >= 11 is 0. The van der Waals surface area contributed by atoms with Crippen LogP contribution in [0.4, 0.5) is 4.79 Å². The van der Waals surface area contributed by atoms with Gasteiger partial charge in [0.1, 0.15) is 6.04 Å². The Labute approximate surface area is 105 Å². The summed E-state index contributed by atoms with van der Waals surface area (Å²) in [5, 5.41) is 11.4. The third-order valence-corrected chi connectivity index (χ3v) is 3.02. The van der Waals surface area contributed by atoms with E-state index in [1.165, 1.54) is 12.0 Å². The molecule has 0 radical (unpaired) electrons. The third kappa shape index (κ3) is 3.35. The number of nitrogens with one attached hydrogen (secondary N) is 1. The molecule has 0 saturated carbocycles. The molecule has 18 heavy (non-hydrogen) atoms. The fourth-order valence-corrected chi connectivity index (χ4v) is 1.86. The van der Waals surface area contributed by atoms with E-state index < -0.39 is 29.9 Å². The monoisotopic (exact) mass is 258 g/mol. The van der Waals surface area contributed by atoms with Gasteiger partial charge in [-0.15, -0.1) is 0 Å². The molecule has 1 saturated heterocycles. The van der Waals surface area contributed by atoms with Crippen molar-refractivity contribution in [3.63, 3.8) is 0 Å². The Kier molecular flexibility index (Phi) is 4.94. The predicted molar refractivity (Wildman–Crippen MR) is 61.9 cm³/mol. The van der Waals surface area contributed by atoms with Gasteiger partial charge in [0, 0.05) is 13.1 Å². The van der Waals surface area contributed by atoms with E-state index >= 15 is 0 Å². The number of ether oxygens (including phenoxy) is 1. The molecule has 0 aliphatic carbocycles. The highest BCUT2D eigenvalue weighted by molar-refractivity contribution is 5.84. The van der Waals surface area contributed by atoms with Crippen molar-refractivity contribution in [3.05, 3.63) is 0 Å². The summed E-state index contributed by atoms with van der Waals surface area (Å²) in [6.45, 7) is 2.32. The number of carboxylic acids is 1. The summed E-state index contributed by atoms with van der Waals surface area (Å²) in [5.74, 6) is -1.92. The van der Waals surface area contributed by atoms with Crippen LogP contribution in [0.3, 0.4) is 0 Å². The first-order valence-corrected chi connectivity index (χ1v) is 5.85. The molecular formula is C11H18N2O5. The van der Waals surface area contributed by atoms with E-state index in [2.05, 4.69) is 10.1 Å². The molecule has 2 atom stereocenters. The first-order valence-electron chi connectivity index (χ1n) is 5.85. The summed E-state index contributed by atoms with van der Waals surface area (Å²) in [6, 6.07) is -1.11. The largest absolute Gasteiger partial charge is 0.481 e. The molecule has 2 unspecified atom stereocenters. The van der Waals surface area contributed by atoms with Gasteiger partial charge in [0.2, 0.25) is 0 Å². The standard InChI is InChI=1S/C11H18N2O5/c1-3-8(10(16)18-2)12-11(17)13-5-4-7(6-13)9(14)15/h7-8H,3-6H2,1-2H3,(H,12,17)(H,14,15). The molecule has 1 rings (SSSR count). The molecule has 102 valence electrons. The molecule has 1 aliphatic heterocycles. The number of esters is 1. The van der Waals surface area contributed by atoms with E-state index in [1.54, 1.807) is 6.92 Å². The van der Waals surface area contributed by atoms with E-state index in [1.807, 2.05) is 0 Å². The molecule has 0 bridgehead atoms. The zero-order chi connectivity index (χ0) is 13.7. The SMILES string of the molecule is CCC(NC(=O)N1CCC(C(=O)O)C1)C(=O)OC. The lowest BCUT2D eigenvalue weighted by atomic mass is 10.1. The summed E-state index contributed by atoms with van der Waals surface area (Å²) in [6.07, 6.45) is 0.867. The second kappa shape index (κ2) is 6.23. The van der Waals surface area contributed by atoms with Crippen LogP contribution in [-0.4, -0.2) is 54.2 Å². The number of hydrogen-bond acceptors (Lipinski definition) is 4. The summed E-state index contributed by atoms with van der Waals surface area (Å²) < 4.78 is 4.56. The molecule has 1 aliphatic rings. The minimum absolute atomic E-state index is 0.179. The first-order chi connectivity index (χ1) is 8.49. The van der Waals surface area contributed by atoms with Crippen LogP contribution < -0.4 is 5.32 Å². The van der Waals surface area contributed by atoms with Crippen molar-refractivity contribution in [2.24, 2.45) is 5.92 Å². The van der Waals surface area contributed by atoms with Crippen molar-refractivity contribution >= 4 is 18.0 Å². The molecular weight excluding hydrogens is 240 g/mol. The number of methoxy groups -OCH3 is 1. The van der Waals surface area contributed by atoms with Gasteiger partial charge in [0.05, 0.1) is 13.0 Å². The topological polar surface area (TPSA) is 95.9 Å².